The van der Waals surface area contributed by atoms with Crippen LogP contribution in [0.15, 0.2) is 11.6 Å². The number of allylic oxidation sites excluding steroid dienone is 2. The summed E-state index contributed by atoms with van der Waals surface area (Å²) in [6, 6.07) is 0. The number of carboxylic acid groups (broad SMARTS) is 1. The largest absolute Gasteiger partial charge is 0.481 e. The van der Waals surface area contributed by atoms with Crippen LogP contribution in [0.25, 0.3) is 0 Å². The fourth-order valence-electron chi connectivity index (χ4n) is 7.79. The molecule has 5 unspecified atom stereocenters. The first-order chi connectivity index (χ1) is 13.2. The SMILES string of the molecule is CC(CCC(=O)O)C1CCC2C3CCC4C[C@@H](O)CC[C@@]4(C)C3=CC(=O)[C@@]12C. The molecule has 4 aliphatic carbocycles. The number of hydrogen-bond donors (Lipinski definition) is 2. The van der Waals surface area contributed by atoms with Gasteiger partial charge < -0.3 is 10.2 Å². The number of carbonyl (C=O) groups excluding carboxylic acids is 1. The van der Waals surface area contributed by atoms with E-state index in [0.29, 0.717) is 35.9 Å². The van der Waals surface area contributed by atoms with E-state index < -0.39 is 5.97 Å². The fraction of sp³-hybridized carbons (Fsp3) is 0.833. The van der Waals surface area contributed by atoms with Crippen LogP contribution in [0, 0.1) is 40.4 Å². The first-order valence-electron chi connectivity index (χ1n) is 11.3. The van der Waals surface area contributed by atoms with Crippen molar-refractivity contribution in [2.24, 2.45) is 40.4 Å². The van der Waals surface area contributed by atoms with Gasteiger partial charge in [0.25, 0.3) is 0 Å². The molecule has 3 saturated carbocycles. The Bertz CT molecular complexity index is 697. The summed E-state index contributed by atoms with van der Waals surface area (Å²) in [6.45, 7) is 6.68. The van der Waals surface area contributed by atoms with Crippen molar-refractivity contribution in [3.05, 3.63) is 11.6 Å². The average Bonchev–Trinajstić information content (AvgIpc) is 3.00. The molecule has 0 bridgehead atoms. The number of rotatable bonds is 4. The van der Waals surface area contributed by atoms with Gasteiger partial charge in [-0.1, -0.05) is 26.3 Å². The maximum Gasteiger partial charge on any atom is 0.303 e. The molecule has 2 N–H and O–H groups in total. The van der Waals surface area contributed by atoms with Gasteiger partial charge in [-0.15, -0.1) is 0 Å². The summed E-state index contributed by atoms with van der Waals surface area (Å²) in [7, 11) is 0. The number of fused-ring (bicyclic) bond motifs is 5. The average molecular weight is 389 g/mol. The van der Waals surface area contributed by atoms with Crippen molar-refractivity contribution >= 4 is 11.8 Å². The zero-order valence-corrected chi connectivity index (χ0v) is 17.6. The molecule has 4 aliphatic rings. The van der Waals surface area contributed by atoms with Gasteiger partial charge in [-0.2, -0.15) is 0 Å². The predicted molar refractivity (Wildman–Crippen MR) is 108 cm³/mol. The third-order valence-corrected chi connectivity index (χ3v) is 9.47. The molecule has 8 atom stereocenters. The lowest BCUT2D eigenvalue weighted by molar-refractivity contribution is -0.137. The minimum Gasteiger partial charge on any atom is -0.481 e. The van der Waals surface area contributed by atoms with Crippen LogP contribution in [-0.4, -0.2) is 28.1 Å². The Morgan fingerprint density at radius 3 is 2.68 bits per heavy atom. The van der Waals surface area contributed by atoms with Gasteiger partial charge >= 0.3 is 5.97 Å². The minimum absolute atomic E-state index is 0.0755. The molecule has 0 aliphatic heterocycles. The van der Waals surface area contributed by atoms with E-state index in [1.165, 1.54) is 5.57 Å². The van der Waals surface area contributed by atoms with Crippen molar-refractivity contribution in [2.45, 2.75) is 84.7 Å². The van der Waals surface area contributed by atoms with Crippen LogP contribution < -0.4 is 0 Å². The summed E-state index contributed by atoms with van der Waals surface area (Å²) in [5, 5.41) is 19.2. The fourth-order valence-corrected chi connectivity index (χ4v) is 7.79. The number of aliphatic hydroxyl groups excluding tert-OH is 1. The molecule has 0 aromatic carbocycles. The van der Waals surface area contributed by atoms with Gasteiger partial charge in [-0.25, -0.2) is 0 Å². The van der Waals surface area contributed by atoms with Gasteiger partial charge in [0.1, 0.15) is 0 Å². The Balaban J connectivity index is 1.63. The van der Waals surface area contributed by atoms with Crippen LogP contribution in [0.4, 0.5) is 0 Å². The summed E-state index contributed by atoms with van der Waals surface area (Å²) in [5.41, 5.74) is 1.14. The molecule has 0 amide bonds. The first kappa shape index (κ1) is 20.1. The van der Waals surface area contributed by atoms with E-state index in [0.717, 1.165) is 44.9 Å². The molecule has 0 saturated heterocycles. The molecule has 0 radical (unpaired) electrons. The Morgan fingerprint density at radius 2 is 1.96 bits per heavy atom. The van der Waals surface area contributed by atoms with Crippen LogP contribution in [0.3, 0.4) is 0 Å². The monoisotopic (exact) mass is 388 g/mol. The van der Waals surface area contributed by atoms with Crippen molar-refractivity contribution in [1.82, 2.24) is 0 Å². The molecule has 4 heteroatoms. The van der Waals surface area contributed by atoms with Gasteiger partial charge in [0.2, 0.25) is 0 Å². The second-order valence-electron chi connectivity index (χ2n) is 10.7. The van der Waals surface area contributed by atoms with E-state index in [1.54, 1.807) is 0 Å². The molecule has 0 aromatic rings. The zero-order valence-electron chi connectivity index (χ0n) is 17.6. The van der Waals surface area contributed by atoms with E-state index >= 15 is 0 Å². The van der Waals surface area contributed by atoms with Gasteiger partial charge in [-0.3, -0.25) is 9.59 Å². The Labute approximate surface area is 168 Å². The van der Waals surface area contributed by atoms with Crippen LogP contribution in [0.5, 0.6) is 0 Å². The number of hydrogen-bond acceptors (Lipinski definition) is 3. The van der Waals surface area contributed by atoms with E-state index in [1.807, 2.05) is 6.08 Å². The van der Waals surface area contributed by atoms with Crippen LogP contribution in [0.1, 0.15) is 78.6 Å². The second-order valence-corrected chi connectivity index (χ2v) is 10.7. The highest BCUT2D eigenvalue weighted by Crippen LogP contribution is 2.65. The second kappa shape index (κ2) is 6.97. The molecule has 156 valence electrons. The third kappa shape index (κ3) is 2.89. The molecule has 28 heavy (non-hydrogen) atoms. The van der Waals surface area contributed by atoms with Crippen molar-refractivity contribution in [3.63, 3.8) is 0 Å². The first-order valence-corrected chi connectivity index (χ1v) is 11.3. The molecule has 0 heterocycles. The Kier molecular flexibility index (Phi) is 5.01. The lowest BCUT2D eigenvalue weighted by Crippen LogP contribution is -2.52. The van der Waals surface area contributed by atoms with Crippen molar-refractivity contribution in [3.8, 4) is 0 Å². The highest BCUT2D eigenvalue weighted by molar-refractivity contribution is 5.97. The summed E-state index contributed by atoms with van der Waals surface area (Å²) >= 11 is 0. The van der Waals surface area contributed by atoms with Crippen molar-refractivity contribution in [1.29, 1.82) is 0 Å². The topological polar surface area (TPSA) is 74.6 Å². The molecule has 3 fully saturated rings. The smallest absolute Gasteiger partial charge is 0.303 e. The number of aliphatic carboxylic acids is 1. The third-order valence-electron chi connectivity index (χ3n) is 9.47. The van der Waals surface area contributed by atoms with E-state index in [2.05, 4.69) is 20.8 Å². The molecular formula is C24H36O4. The summed E-state index contributed by atoms with van der Waals surface area (Å²) < 4.78 is 0. The minimum atomic E-state index is -0.741. The zero-order chi connectivity index (χ0) is 20.3. The van der Waals surface area contributed by atoms with Crippen LogP contribution >= 0.6 is 0 Å². The lowest BCUT2D eigenvalue weighted by atomic mass is 9.48. The summed E-state index contributed by atoms with van der Waals surface area (Å²) in [4.78, 5) is 24.6. The predicted octanol–water partition coefficient (Wildman–Crippen LogP) is 4.61. The van der Waals surface area contributed by atoms with Crippen molar-refractivity contribution < 1.29 is 19.8 Å². The Hall–Kier alpha value is -1.16. The molecule has 0 spiro atoms. The maximum absolute atomic E-state index is 13.5. The summed E-state index contributed by atoms with van der Waals surface area (Å²) in [6.07, 6.45) is 9.87. The van der Waals surface area contributed by atoms with E-state index in [9.17, 15) is 14.7 Å². The summed E-state index contributed by atoms with van der Waals surface area (Å²) in [5.74, 6) is 1.51. The number of carboxylic acids is 1. The van der Waals surface area contributed by atoms with Gasteiger partial charge in [0.15, 0.2) is 5.78 Å². The molecule has 4 nitrogen and oxygen atoms in total. The van der Waals surface area contributed by atoms with Gasteiger partial charge in [0.05, 0.1) is 6.10 Å². The van der Waals surface area contributed by atoms with E-state index in [-0.39, 0.29) is 29.3 Å². The highest BCUT2D eigenvalue weighted by Gasteiger charge is 2.60. The van der Waals surface area contributed by atoms with Gasteiger partial charge in [-0.05, 0) is 92.4 Å². The standard InChI is InChI=1S/C24H36O4/c1-14(4-9-22(27)28)18-7-8-19-17-6-5-15-12-16(25)10-11-23(15,2)20(17)13-21(26)24(18,19)3/h13-19,25H,4-12H2,1-3H3,(H,27,28)/t14?,15?,16-,17?,18?,19?,23+,24-/m0/s1. The van der Waals surface area contributed by atoms with Crippen molar-refractivity contribution in [2.75, 3.05) is 0 Å². The number of carbonyl (C=O) groups is 2. The Morgan fingerprint density at radius 1 is 1.21 bits per heavy atom. The maximum atomic E-state index is 13.5. The number of ketones is 1. The molecule has 0 aromatic heterocycles. The van der Waals surface area contributed by atoms with E-state index in [4.69, 9.17) is 5.11 Å². The van der Waals surface area contributed by atoms with Crippen LogP contribution in [-0.2, 0) is 9.59 Å². The quantitative estimate of drug-likeness (QED) is 0.738. The lowest BCUT2D eigenvalue weighted by Gasteiger charge is -2.56. The number of aliphatic hydroxyl groups is 1. The normalized spacial score (nSPS) is 46.2. The molecule has 4 rings (SSSR count). The van der Waals surface area contributed by atoms with Crippen LogP contribution in [0.2, 0.25) is 0 Å². The van der Waals surface area contributed by atoms with Gasteiger partial charge in [0, 0.05) is 11.8 Å². The highest BCUT2D eigenvalue weighted by atomic mass is 16.4. The molecular weight excluding hydrogens is 352 g/mol.